The fourth-order valence-electron chi connectivity index (χ4n) is 1.60. The van der Waals surface area contributed by atoms with Crippen LogP contribution >= 0.6 is 11.6 Å². The average Bonchev–Trinajstić information content (AvgIpc) is 2.42. The number of alkyl halides is 1. The average molecular weight is 210 g/mol. The Morgan fingerprint density at radius 3 is 2.86 bits per heavy atom. The van der Waals surface area contributed by atoms with Crippen LogP contribution in [0.2, 0.25) is 5.02 Å². The molecule has 70 valence electrons. The predicted molar refractivity (Wildman–Crippen MR) is 48.9 cm³/mol. The lowest BCUT2D eigenvalue weighted by atomic mass is 10.0. The normalized spacial score (nSPS) is 24.5. The third-order valence-corrected chi connectivity index (χ3v) is 2.61. The Kier molecular flexibility index (Phi) is 1.83. The van der Waals surface area contributed by atoms with Crippen LogP contribution in [0, 0.1) is 11.3 Å². The number of nitrogens with zero attached hydrogens (tertiary/aromatic N) is 1. The smallest absolute Gasteiger partial charge is 0.262 e. The first-order valence-electron chi connectivity index (χ1n) is 4.01. The molecule has 4 heteroatoms. The highest BCUT2D eigenvalue weighted by Gasteiger charge is 2.47. The molecule has 14 heavy (non-hydrogen) atoms. The zero-order chi connectivity index (χ0) is 10.3. The molecule has 0 saturated heterocycles. The van der Waals surface area contributed by atoms with E-state index in [0.29, 0.717) is 5.56 Å². The van der Waals surface area contributed by atoms with Crippen molar-refractivity contribution in [2.45, 2.75) is 12.1 Å². The molecule has 0 spiro atoms. The highest BCUT2D eigenvalue weighted by Crippen LogP contribution is 2.36. The van der Waals surface area contributed by atoms with Crippen LogP contribution in [0.15, 0.2) is 18.2 Å². The van der Waals surface area contributed by atoms with E-state index in [-0.39, 0.29) is 17.0 Å². The van der Waals surface area contributed by atoms with Crippen molar-refractivity contribution in [3.8, 4) is 6.07 Å². The van der Waals surface area contributed by atoms with Gasteiger partial charge in [0.25, 0.3) is 5.67 Å². The number of nitriles is 1. The second kappa shape index (κ2) is 2.79. The summed E-state index contributed by atoms with van der Waals surface area (Å²) >= 11 is 5.75. The zero-order valence-corrected chi connectivity index (χ0v) is 7.81. The van der Waals surface area contributed by atoms with Gasteiger partial charge in [0.1, 0.15) is 6.07 Å². The number of hydrogen-bond donors (Lipinski definition) is 0. The second-order valence-corrected chi connectivity index (χ2v) is 3.60. The third kappa shape index (κ3) is 1.04. The van der Waals surface area contributed by atoms with Gasteiger partial charge in [0.2, 0.25) is 5.78 Å². The summed E-state index contributed by atoms with van der Waals surface area (Å²) in [5, 5.41) is 8.78. The molecule has 2 nitrogen and oxygen atoms in total. The van der Waals surface area contributed by atoms with Gasteiger partial charge in [-0.05, 0) is 11.6 Å². The highest BCUT2D eigenvalue weighted by atomic mass is 35.5. The Bertz CT molecular complexity index is 466. The number of fused-ring (bicyclic) bond motifs is 1. The maximum atomic E-state index is 13.6. The fraction of sp³-hybridized carbons (Fsp3) is 0.200. The van der Waals surface area contributed by atoms with Gasteiger partial charge >= 0.3 is 0 Å². The zero-order valence-electron chi connectivity index (χ0n) is 7.05. The SMILES string of the molecule is N#CC1(F)Cc2cccc(Cl)c2C1=O. The lowest BCUT2D eigenvalue weighted by Gasteiger charge is -2.04. The van der Waals surface area contributed by atoms with Crippen molar-refractivity contribution >= 4 is 17.4 Å². The monoisotopic (exact) mass is 209 g/mol. The molecule has 0 radical (unpaired) electrons. The Balaban J connectivity index is 2.64. The summed E-state index contributed by atoms with van der Waals surface area (Å²) in [5.74, 6) is -0.819. The standard InChI is InChI=1S/C10H5ClFNO/c11-7-3-1-2-6-4-10(12,5-13)9(14)8(6)7/h1-3H,4H2. The summed E-state index contributed by atoms with van der Waals surface area (Å²) in [6, 6.07) is 6.15. The lowest BCUT2D eigenvalue weighted by molar-refractivity contribution is 0.0820. The van der Waals surface area contributed by atoms with Gasteiger partial charge in [-0.25, -0.2) is 4.39 Å². The molecule has 1 unspecified atom stereocenters. The van der Waals surface area contributed by atoms with E-state index in [9.17, 15) is 9.18 Å². The largest absolute Gasteiger partial charge is 0.289 e. The Labute approximate surface area is 84.9 Å². The van der Waals surface area contributed by atoms with Crippen LogP contribution in [0.25, 0.3) is 0 Å². The van der Waals surface area contributed by atoms with Crippen molar-refractivity contribution in [2.24, 2.45) is 0 Å². The molecule has 0 fully saturated rings. The molecule has 1 aromatic carbocycles. The van der Waals surface area contributed by atoms with Crippen molar-refractivity contribution in [3.05, 3.63) is 34.3 Å². The van der Waals surface area contributed by atoms with Gasteiger partial charge in [-0.1, -0.05) is 23.7 Å². The Morgan fingerprint density at radius 1 is 1.57 bits per heavy atom. The molecular weight excluding hydrogens is 205 g/mol. The van der Waals surface area contributed by atoms with Crippen molar-refractivity contribution in [1.29, 1.82) is 5.26 Å². The molecule has 0 aromatic heterocycles. The number of ketones is 1. The highest BCUT2D eigenvalue weighted by molar-refractivity contribution is 6.35. The van der Waals surface area contributed by atoms with Gasteiger partial charge in [-0.3, -0.25) is 4.79 Å². The van der Waals surface area contributed by atoms with Crippen LogP contribution in [0.5, 0.6) is 0 Å². The van der Waals surface area contributed by atoms with Crippen LogP contribution in [0.4, 0.5) is 4.39 Å². The molecule has 0 saturated carbocycles. The fourth-order valence-corrected chi connectivity index (χ4v) is 1.88. The minimum absolute atomic E-state index is 0.151. The van der Waals surface area contributed by atoms with E-state index in [1.54, 1.807) is 12.1 Å². The summed E-state index contributed by atoms with van der Waals surface area (Å²) < 4.78 is 13.6. The van der Waals surface area contributed by atoms with Gasteiger partial charge in [-0.2, -0.15) is 5.26 Å². The Morgan fingerprint density at radius 2 is 2.29 bits per heavy atom. The lowest BCUT2D eigenvalue weighted by Crippen LogP contribution is -2.28. The number of benzene rings is 1. The maximum Gasteiger partial charge on any atom is 0.262 e. The van der Waals surface area contributed by atoms with Crippen LogP contribution in [-0.2, 0) is 6.42 Å². The van der Waals surface area contributed by atoms with Gasteiger partial charge in [0.05, 0.1) is 5.02 Å². The minimum atomic E-state index is -2.42. The van der Waals surface area contributed by atoms with E-state index < -0.39 is 11.5 Å². The summed E-state index contributed by atoms with van der Waals surface area (Å²) in [5.41, 5.74) is -1.77. The molecule has 1 aromatic rings. The van der Waals surface area contributed by atoms with Crippen molar-refractivity contribution < 1.29 is 9.18 Å². The van der Waals surface area contributed by atoms with Crippen LogP contribution < -0.4 is 0 Å². The van der Waals surface area contributed by atoms with E-state index >= 15 is 0 Å². The molecule has 1 atom stereocenters. The number of hydrogen-bond acceptors (Lipinski definition) is 2. The van der Waals surface area contributed by atoms with E-state index in [1.807, 2.05) is 0 Å². The van der Waals surface area contributed by atoms with Gasteiger partial charge in [0.15, 0.2) is 0 Å². The molecule has 0 N–H and O–H groups in total. The number of halogens is 2. The van der Waals surface area contributed by atoms with Crippen LogP contribution in [0.1, 0.15) is 15.9 Å². The molecule has 0 aliphatic heterocycles. The Hall–Kier alpha value is -1.40. The predicted octanol–water partition coefficient (Wildman–Crippen LogP) is 2.31. The molecule has 1 aliphatic carbocycles. The maximum absolute atomic E-state index is 13.6. The minimum Gasteiger partial charge on any atom is -0.289 e. The number of carbonyl (C=O) groups excluding carboxylic acids is 1. The molecule has 0 amide bonds. The van der Waals surface area contributed by atoms with Crippen molar-refractivity contribution in [1.82, 2.24) is 0 Å². The first-order valence-corrected chi connectivity index (χ1v) is 4.38. The van der Waals surface area contributed by atoms with Gasteiger partial charge in [-0.15, -0.1) is 0 Å². The topological polar surface area (TPSA) is 40.9 Å². The molecule has 0 bridgehead atoms. The van der Waals surface area contributed by atoms with Crippen LogP contribution in [-0.4, -0.2) is 11.5 Å². The van der Waals surface area contributed by atoms with E-state index in [0.717, 1.165) is 0 Å². The molecule has 2 rings (SSSR count). The number of carbonyl (C=O) groups is 1. The number of Topliss-reactive ketones (excluding diaryl/α,β-unsaturated/α-hetero) is 1. The summed E-state index contributed by atoms with van der Waals surface area (Å²) in [6.07, 6.45) is -0.196. The summed E-state index contributed by atoms with van der Waals surface area (Å²) in [6.45, 7) is 0. The molecule has 0 heterocycles. The summed E-state index contributed by atoms with van der Waals surface area (Å²) in [4.78, 5) is 11.5. The van der Waals surface area contributed by atoms with E-state index in [4.69, 9.17) is 16.9 Å². The quantitative estimate of drug-likeness (QED) is 0.658. The molecule has 1 aliphatic rings. The first kappa shape index (κ1) is 9.17. The molecular formula is C10H5ClFNO. The second-order valence-electron chi connectivity index (χ2n) is 3.19. The summed E-state index contributed by atoms with van der Waals surface area (Å²) in [7, 11) is 0. The first-order chi connectivity index (χ1) is 6.58. The van der Waals surface area contributed by atoms with Gasteiger partial charge in [0, 0.05) is 12.0 Å². The van der Waals surface area contributed by atoms with Crippen molar-refractivity contribution in [3.63, 3.8) is 0 Å². The van der Waals surface area contributed by atoms with Crippen LogP contribution in [0.3, 0.4) is 0 Å². The third-order valence-electron chi connectivity index (χ3n) is 2.30. The number of rotatable bonds is 0. The van der Waals surface area contributed by atoms with E-state index in [1.165, 1.54) is 12.1 Å². The van der Waals surface area contributed by atoms with Gasteiger partial charge < -0.3 is 0 Å². The van der Waals surface area contributed by atoms with Crippen molar-refractivity contribution in [2.75, 3.05) is 0 Å². The van der Waals surface area contributed by atoms with E-state index in [2.05, 4.69) is 0 Å².